The SMILES string of the molecule is Clc1ccc(Cl)c(Oc2cc[c]nn2)c1. The molecule has 0 aliphatic rings. The van der Waals surface area contributed by atoms with Crippen LogP contribution >= 0.6 is 23.2 Å². The van der Waals surface area contributed by atoms with Crippen LogP contribution in [0.4, 0.5) is 0 Å². The summed E-state index contributed by atoms with van der Waals surface area (Å²) in [4.78, 5) is 0. The monoisotopic (exact) mass is 239 g/mol. The minimum Gasteiger partial charge on any atom is -0.436 e. The Morgan fingerprint density at radius 2 is 2.07 bits per heavy atom. The minimum absolute atomic E-state index is 0.345. The van der Waals surface area contributed by atoms with Gasteiger partial charge in [0, 0.05) is 17.2 Å². The molecule has 75 valence electrons. The molecule has 1 aromatic heterocycles. The maximum absolute atomic E-state index is 5.91. The van der Waals surface area contributed by atoms with Gasteiger partial charge >= 0.3 is 0 Å². The summed E-state index contributed by atoms with van der Waals surface area (Å²) in [6.07, 6.45) is 2.54. The Bertz CT molecular complexity index is 462. The number of nitrogens with zero attached hydrogens (tertiary/aromatic N) is 2. The van der Waals surface area contributed by atoms with Crippen LogP contribution in [0.3, 0.4) is 0 Å². The molecule has 2 rings (SSSR count). The standard InChI is InChI=1S/C10H5Cl2N2O/c11-7-3-4-8(12)9(6-7)15-10-2-1-5-13-14-10/h1-4,6H. The zero-order valence-corrected chi connectivity index (χ0v) is 8.96. The highest BCUT2D eigenvalue weighted by Crippen LogP contribution is 2.30. The molecule has 3 nitrogen and oxygen atoms in total. The lowest BCUT2D eigenvalue weighted by Gasteiger charge is -2.05. The Balaban J connectivity index is 2.28. The first kappa shape index (κ1) is 10.2. The van der Waals surface area contributed by atoms with Gasteiger partial charge in [-0.2, -0.15) is 0 Å². The van der Waals surface area contributed by atoms with Crippen molar-refractivity contribution in [3.63, 3.8) is 0 Å². The summed E-state index contributed by atoms with van der Waals surface area (Å²) in [5.41, 5.74) is 0. The van der Waals surface area contributed by atoms with E-state index in [4.69, 9.17) is 27.9 Å². The van der Waals surface area contributed by atoms with E-state index in [1.807, 2.05) is 0 Å². The number of ether oxygens (including phenoxy) is 1. The molecule has 0 saturated carbocycles. The Morgan fingerprint density at radius 1 is 1.20 bits per heavy atom. The topological polar surface area (TPSA) is 35.0 Å². The molecule has 0 saturated heterocycles. The van der Waals surface area contributed by atoms with Crippen molar-refractivity contribution in [1.29, 1.82) is 0 Å². The van der Waals surface area contributed by atoms with Crippen molar-refractivity contribution >= 4 is 23.2 Å². The number of hydrogen-bond donors (Lipinski definition) is 0. The fourth-order valence-electron chi connectivity index (χ4n) is 0.976. The van der Waals surface area contributed by atoms with E-state index >= 15 is 0 Å². The molecule has 0 amide bonds. The third-order valence-corrected chi connectivity index (χ3v) is 2.16. The quantitative estimate of drug-likeness (QED) is 0.806. The third kappa shape index (κ3) is 2.58. The first-order chi connectivity index (χ1) is 7.25. The molecule has 1 heterocycles. The van der Waals surface area contributed by atoms with E-state index in [2.05, 4.69) is 16.4 Å². The van der Waals surface area contributed by atoms with Gasteiger partial charge in [-0.3, -0.25) is 0 Å². The molecule has 0 aliphatic carbocycles. The molecule has 0 unspecified atom stereocenters. The molecule has 5 heteroatoms. The molecule has 0 bridgehead atoms. The van der Waals surface area contributed by atoms with Gasteiger partial charge < -0.3 is 4.74 Å². The number of halogens is 2. The van der Waals surface area contributed by atoms with Gasteiger partial charge in [0.05, 0.1) is 5.02 Å². The molecule has 0 N–H and O–H groups in total. The second-order valence-electron chi connectivity index (χ2n) is 2.68. The van der Waals surface area contributed by atoms with E-state index < -0.39 is 0 Å². The molecule has 15 heavy (non-hydrogen) atoms. The van der Waals surface area contributed by atoms with Gasteiger partial charge in [-0.05, 0) is 18.2 Å². The fourth-order valence-corrected chi connectivity index (χ4v) is 1.29. The average Bonchev–Trinajstić information content (AvgIpc) is 2.25. The minimum atomic E-state index is 0.345. The van der Waals surface area contributed by atoms with Crippen LogP contribution in [0, 0.1) is 6.20 Å². The highest BCUT2D eigenvalue weighted by atomic mass is 35.5. The van der Waals surface area contributed by atoms with E-state index in [1.165, 1.54) is 0 Å². The lowest BCUT2D eigenvalue weighted by atomic mass is 10.3. The predicted octanol–water partition coefficient (Wildman–Crippen LogP) is 3.38. The van der Waals surface area contributed by atoms with Crippen molar-refractivity contribution < 1.29 is 4.74 Å². The van der Waals surface area contributed by atoms with Gasteiger partial charge in [-0.15, -0.1) is 10.2 Å². The lowest BCUT2D eigenvalue weighted by molar-refractivity contribution is 0.455. The van der Waals surface area contributed by atoms with Crippen molar-refractivity contribution in [1.82, 2.24) is 10.2 Å². The molecule has 0 spiro atoms. The molecule has 2 aromatic rings. The summed E-state index contributed by atoms with van der Waals surface area (Å²) < 4.78 is 5.38. The van der Waals surface area contributed by atoms with Gasteiger partial charge in [0.2, 0.25) is 5.88 Å². The maximum Gasteiger partial charge on any atom is 0.238 e. The van der Waals surface area contributed by atoms with Crippen LogP contribution in [0.2, 0.25) is 10.0 Å². The smallest absolute Gasteiger partial charge is 0.238 e. The summed E-state index contributed by atoms with van der Waals surface area (Å²) in [7, 11) is 0. The van der Waals surface area contributed by atoms with Crippen LogP contribution in [0.1, 0.15) is 0 Å². The van der Waals surface area contributed by atoms with Gasteiger partial charge in [0.15, 0.2) is 0 Å². The Labute approximate surface area is 96.6 Å². The van der Waals surface area contributed by atoms with Crippen LogP contribution in [0.5, 0.6) is 11.6 Å². The van der Waals surface area contributed by atoms with Gasteiger partial charge in [0.1, 0.15) is 11.9 Å². The molecule has 0 atom stereocenters. The third-order valence-electron chi connectivity index (χ3n) is 1.61. The number of rotatable bonds is 2. The van der Waals surface area contributed by atoms with Crippen molar-refractivity contribution in [2.24, 2.45) is 0 Å². The summed E-state index contributed by atoms with van der Waals surface area (Å²) in [5, 5.41) is 8.29. The Hall–Kier alpha value is -1.32. The average molecular weight is 240 g/mol. The van der Waals surface area contributed by atoms with Crippen LogP contribution in [0.25, 0.3) is 0 Å². The first-order valence-corrected chi connectivity index (χ1v) is 4.84. The molecule has 0 aliphatic heterocycles. The van der Waals surface area contributed by atoms with Gasteiger partial charge in [-0.1, -0.05) is 23.2 Å². The van der Waals surface area contributed by atoms with E-state index in [-0.39, 0.29) is 0 Å². The van der Waals surface area contributed by atoms with Crippen molar-refractivity contribution in [2.45, 2.75) is 0 Å². The number of benzene rings is 1. The largest absolute Gasteiger partial charge is 0.436 e. The highest BCUT2D eigenvalue weighted by molar-refractivity contribution is 6.34. The van der Waals surface area contributed by atoms with Crippen LogP contribution in [-0.2, 0) is 0 Å². The van der Waals surface area contributed by atoms with Crippen molar-refractivity contribution in [2.75, 3.05) is 0 Å². The summed E-state index contributed by atoms with van der Waals surface area (Å²) in [5.74, 6) is 0.794. The van der Waals surface area contributed by atoms with Crippen LogP contribution in [-0.4, -0.2) is 10.2 Å². The second kappa shape index (κ2) is 4.47. The first-order valence-electron chi connectivity index (χ1n) is 4.08. The molecule has 1 radical (unpaired) electrons. The summed E-state index contributed by atoms with van der Waals surface area (Å²) in [6, 6.07) is 8.18. The van der Waals surface area contributed by atoms with Crippen LogP contribution < -0.4 is 4.74 Å². The van der Waals surface area contributed by atoms with Crippen LogP contribution in [0.15, 0.2) is 30.3 Å². The summed E-state index contributed by atoms with van der Waals surface area (Å²) in [6.45, 7) is 0. The van der Waals surface area contributed by atoms with Gasteiger partial charge in [0.25, 0.3) is 0 Å². The molecule has 1 aromatic carbocycles. The molecule has 0 fully saturated rings. The van der Waals surface area contributed by atoms with E-state index in [0.29, 0.717) is 21.7 Å². The fraction of sp³-hybridized carbons (Fsp3) is 0. The van der Waals surface area contributed by atoms with Crippen molar-refractivity contribution in [3.05, 3.63) is 46.6 Å². The van der Waals surface area contributed by atoms with E-state index in [1.54, 1.807) is 30.3 Å². The van der Waals surface area contributed by atoms with Crippen molar-refractivity contribution in [3.8, 4) is 11.6 Å². The van der Waals surface area contributed by atoms with E-state index in [0.717, 1.165) is 0 Å². The molecular weight excluding hydrogens is 235 g/mol. The Morgan fingerprint density at radius 3 is 2.80 bits per heavy atom. The lowest BCUT2D eigenvalue weighted by Crippen LogP contribution is -1.89. The highest BCUT2D eigenvalue weighted by Gasteiger charge is 2.04. The normalized spacial score (nSPS) is 10.0. The molecular formula is C10H5Cl2N2O. The predicted molar refractivity (Wildman–Crippen MR) is 57.4 cm³/mol. The summed E-state index contributed by atoms with van der Waals surface area (Å²) >= 11 is 11.7. The number of aromatic nitrogens is 2. The zero-order chi connectivity index (χ0) is 10.7. The maximum atomic E-state index is 5.91. The Kier molecular flexibility index (Phi) is 3.04. The van der Waals surface area contributed by atoms with E-state index in [9.17, 15) is 0 Å². The van der Waals surface area contributed by atoms with Gasteiger partial charge in [-0.25, -0.2) is 0 Å². The second-order valence-corrected chi connectivity index (χ2v) is 3.52. The number of hydrogen-bond acceptors (Lipinski definition) is 3. The zero-order valence-electron chi connectivity index (χ0n) is 7.45.